The van der Waals surface area contributed by atoms with Crippen molar-refractivity contribution < 1.29 is 24.2 Å². The Labute approximate surface area is 104 Å². The van der Waals surface area contributed by atoms with Crippen molar-refractivity contribution in [1.82, 2.24) is 0 Å². The number of esters is 1. The maximum Gasteiger partial charge on any atom is 0.339 e. The Morgan fingerprint density at radius 2 is 2.28 bits per heavy atom. The Morgan fingerprint density at radius 1 is 1.56 bits per heavy atom. The van der Waals surface area contributed by atoms with Crippen LogP contribution in [-0.4, -0.2) is 35.7 Å². The molecule has 0 bridgehead atoms. The summed E-state index contributed by atoms with van der Waals surface area (Å²) in [7, 11) is 0. The Morgan fingerprint density at radius 3 is 2.89 bits per heavy atom. The molecule has 1 aromatic rings. The number of hydrogen-bond acceptors (Lipinski definition) is 5. The van der Waals surface area contributed by atoms with Gasteiger partial charge in [0.1, 0.15) is 5.75 Å². The molecule has 0 saturated carbocycles. The molecule has 1 aliphatic heterocycles. The van der Waals surface area contributed by atoms with Crippen LogP contribution in [0.3, 0.4) is 0 Å². The first-order chi connectivity index (χ1) is 8.56. The van der Waals surface area contributed by atoms with E-state index in [4.69, 9.17) is 4.74 Å². The van der Waals surface area contributed by atoms with Gasteiger partial charge in [-0.1, -0.05) is 12.1 Å². The first kappa shape index (κ1) is 12.6. The second-order valence-electron chi connectivity index (χ2n) is 4.05. The summed E-state index contributed by atoms with van der Waals surface area (Å²) in [5, 5.41) is 9.76. The number of carbonyl (C=O) groups is 2. The van der Waals surface area contributed by atoms with Crippen molar-refractivity contribution in [3.05, 3.63) is 29.3 Å². The summed E-state index contributed by atoms with van der Waals surface area (Å²) in [6, 6.07) is 5.16. The molecule has 0 radical (unpaired) electrons. The van der Waals surface area contributed by atoms with Gasteiger partial charge in [0.25, 0.3) is 0 Å². The second kappa shape index (κ2) is 4.78. The zero-order chi connectivity index (χ0) is 13.3. The molecule has 0 spiro atoms. The standard InChI is InChI=1S/C13H14O5/c1-3-17-13(16)11(15)12-10(14)9-7(2)5-4-6-8(9)18-12/h4-6,11-12,15H,3H2,1-2H3. The average Bonchev–Trinajstić information content (AvgIpc) is 2.67. The van der Waals surface area contributed by atoms with E-state index in [2.05, 4.69) is 4.74 Å². The number of aliphatic hydroxyl groups excluding tert-OH is 1. The largest absolute Gasteiger partial charge is 0.478 e. The molecule has 0 aromatic heterocycles. The predicted octanol–water partition coefficient (Wildman–Crippen LogP) is 0.863. The summed E-state index contributed by atoms with van der Waals surface area (Å²) in [5.41, 5.74) is 1.18. The summed E-state index contributed by atoms with van der Waals surface area (Å²) in [6.45, 7) is 3.54. The molecule has 96 valence electrons. The van der Waals surface area contributed by atoms with Crippen LogP contribution in [0.1, 0.15) is 22.8 Å². The molecular formula is C13H14O5. The molecular weight excluding hydrogens is 236 g/mol. The smallest absolute Gasteiger partial charge is 0.339 e. The monoisotopic (exact) mass is 250 g/mol. The maximum absolute atomic E-state index is 12.1. The van der Waals surface area contributed by atoms with Crippen LogP contribution in [0.2, 0.25) is 0 Å². The Kier molecular flexibility index (Phi) is 3.34. The normalized spacial score (nSPS) is 19.1. The van der Waals surface area contributed by atoms with Crippen LogP contribution in [-0.2, 0) is 9.53 Å². The molecule has 2 rings (SSSR count). The van der Waals surface area contributed by atoms with Crippen molar-refractivity contribution in [1.29, 1.82) is 0 Å². The zero-order valence-electron chi connectivity index (χ0n) is 10.2. The van der Waals surface area contributed by atoms with Crippen LogP contribution in [0.4, 0.5) is 0 Å². The quantitative estimate of drug-likeness (QED) is 0.805. The summed E-state index contributed by atoms with van der Waals surface area (Å²) in [4.78, 5) is 23.5. The highest BCUT2D eigenvalue weighted by Crippen LogP contribution is 2.32. The van der Waals surface area contributed by atoms with Crippen molar-refractivity contribution in [2.45, 2.75) is 26.1 Å². The molecule has 5 heteroatoms. The number of aliphatic hydroxyl groups is 1. The summed E-state index contributed by atoms with van der Waals surface area (Å²) in [6.07, 6.45) is -2.80. The number of aryl methyl sites for hydroxylation is 1. The van der Waals surface area contributed by atoms with Crippen molar-refractivity contribution in [3.8, 4) is 5.75 Å². The van der Waals surface area contributed by atoms with Gasteiger partial charge in [-0.05, 0) is 25.5 Å². The molecule has 5 nitrogen and oxygen atoms in total. The van der Waals surface area contributed by atoms with E-state index in [1.165, 1.54) is 0 Å². The van der Waals surface area contributed by atoms with Gasteiger partial charge in [0, 0.05) is 0 Å². The van der Waals surface area contributed by atoms with E-state index in [9.17, 15) is 14.7 Å². The third kappa shape index (κ3) is 1.97. The van der Waals surface area contributed by atoms with Gasteiger partial charge in [-0.3, -0.25) is 4.79 Å². The first-order valence-electron chi connectivity index (χ1n) is 5.71. The maximum atomic E-state index is 12.1. The fraction of sp³-hybridized carbons (Fsp3) is 0.385. The second-order valence-corrected chi connectivity index (χ2v) is 4.05. The highest BCUT2D eigenvalue weighted by atomic mass is 16.6. The van der Waals surface area contributed by atoms with E-state index in [0.717, 1.165) is 5.56 Å². The third-order valence-electron chi connectivity index (χ3n) is 2.81. The number of fused-ring (bicyclic) bond motifs is 1. The van der Waals surface area contributed by atoms with E-state index >= 15 is 0 Å². The van der Waals surface area contributed by atoms with Crippen LogP contribution < -0.4 is 4.74 Å². The van der Waals surface area contributed by atoms with Crippen LogP contribution in [0, 0.1) is 6.92 Å². The third-order valence-corrected chi connectivity index (χ3v) is 2.81. The molecule has 0 aliphatic carbocycles. The van der Waals surface area contributed by atoms with Crippen molar-refractivity contribution >= 4 is 11.8 Å². The lowest BCUT2D eigenvalue weighted by Gasteiger charge is -2.15. The molecule has 18 heavy (non-hydrogen) atoms. The lowest BCUT2D eigenvalue weighted by Crippen LogP contribution is -2.41. The van der Waals surface area contributed by atoms with Gasteiger partial charge in [-0.25, -0.2) is 4.79 Å². The van der Waals surface area contributed by atoms with E-state index < -0.39 is 18.2 Å². The highest BCUT2D eigenvalue weighted by molar-refractivity contribution is 6.07. The lowest BCUT2D eigenvalue weighted by atomic mass is 10.0. The van der Waals surface area contributed by atoms with E-state index in [-0.39, 0.29) is 12.4 Å². The van der Waals surface area contributed by atoms with Crippen LogP contribution >= 0.6 is 0 Å². The van der Waals surface area contributed by atoms with Gasteiger partial charge in [-0.2, -0.15) is 0 Å². The topological polar surface area (TPSA) is 72.8 Å². The van der Waals surface area contributed by atoms with Crippen molar-refractivity contribution in [3.63, 3.8) is 0 Å². The van der Waals surface area contributed by atoms with Gasteiger partial charge in [0.2, 0.25) is 5.78 Å². The van der Waals surface area contributed by atoms with E-state index in [1.54, 1.807) is 32.0 Å². The minimum atomic E-state index is -1.59. The fourth-order valence-corrected chi connectivity index (χ4v) is 1.95. The molecule has 0 amide bonds. The predicted molar refractivity (Wildman–Crippen MR) is 62.6 cm³/mol. The van der Waals surface area contributed by atoms with Gasteiger partial charge in [-0.15, -0.1) is 0 Å². The number of ketones is 1. The highest BCUT2D eigenvalue weighted by Gasteiger charge is 2.42. The Hall–Kier alpha value is -1.88. The number of benzene rings is 1. The number of hydrogen-bond donors (Lipinski definition) is 1. The first-order valence-corrected chi connectivity index (χ1v) is 5.71. The van der Waals surface area contributed by atoms with Crippen LogP contribution in [0.15, 0.2) is 18.2 Å². The van der Waals surface area contributed by atoms with Gasteiger partial charge in [0.05, 0.1) is 12.2 Å². The zero-order valence-corrected chi connectivity index (χ0v) is 10.2. The molecule has 0 fully saturated rings. The average molecular weight is 250 g/mol. The molecule has 1 aliphatic rings. The molecule has 2 unspecified atom stereocenters. The Balaban J connectivity index is 2.24. The molecule has 1 aromatic carbocycles. The van der Waals surface area contributed by atoms with E-state index in [1.807, 2.05) is 0 Å². The number of rotatable bonds is 3. The lowest BCUT2D eigenvalue weighted by molar-refractivity contribution is -0.156. The summed E-state index contributed by atoms with van der Waals surface area (Å²) >= 11 is 0. The molecule has 1 heterocycles. The fourth-order valence-electron chi connectivity index (χ4n) is 1.95. The van der Waals surface area contributed by atoms with Crippen LogP contribution in [0.25, 0.3) is 0 Å². The molecule has 2 atom stereocenters. The minimum absolute atomic E-state index is 0.142. The van der Waals surface area contributed by atoms with Crippen molar-refractivity contribution in [2.75, 3.05) is 6.61 Å². The van der Waals surface area contributed by atoms with Gasteiger partial charge >= 0.3 is 5.97 Å². The summed E-state index contributed by atoms with van der Waals surface area (Å²) in [5.74, 6) is -0.835. The molecule has 1 N–H and O–H groups in total. The van der Waals surface area contributed by atoms with Crippen LogP contribution in [0.5, 0.6) is 5.75 Å². The Bertz CT molecular complexity index is 494. The van der Waals surface area contributed by atoms with E-state index in [0.29, 0.717) is 11.3 Å². The number of ether oxygens (including phenoxy) is 2. The van der Waals surface area contributed by atoms with Crippen molar-refractivity contribution in [2.24, 2.45) is 0 Å². The number of carbonyl (C=O) groups excluding carboxylic acids is 2. The number of Topliss-reactive ketones (excluding diaryl/α,β-unsaturated/α-hetero) is 1. The summed E-state index contributed by atoms with van der Waals surface area (Å²) < 4.78 is 10.0. The molecule has 0 saturated heterocycles. The minimum Gasteiger partial charge on any atom is -0.478 e. The van der Waals surface area contributed by atoms with Gasteiger partial charge < -0.3 is 14.6 Å². The van der Waals surface area contributed by atoms with Gasteiger partial charge in [0.15, 0.2) is 12.2 Å². The SMILES string of the molecule is CCOC(=O)C(O)C1Oc2cccc(C)c2C1=O.